The summed E-state index contributed by atoms with van der Waals surface area (Å²) in [6, 6.07) is 0. The summed E-state index contributed by atoms with van der Waals surface area (Å²) in [7, 11) is 1.32. The van der Waals surface area contributed by atoms with E-state index in [4.69, 9.17) is 4.74 Å². The van der Waals surface area contributed by atoms with Gasteiger partial charge in [0.25, 0.3) is 0 Å². The number of ether oxygens (including phenoxy) is 2. The van der Waals surface area contributed by atoms with Crippen molar-refractivity contribution in [3.63, 3.8) is 0 Å². The summed E-state index contributed by atoms with van der Waals surface area (Å²) >= 11 is 0. The van der Waals surface area contributed by atoms with Crippen LogP contribution in [-0.2, 0) is 14.3 Å². The van der Waals surface area contributed by atoms with Gasteiger partial charge in [0.1, 0.15) is 0 Å². The molecule has 1 heterocycles. The van der Waals surface area contributed by atoms with Crippen LogP contribution in [0.15, 0.2) is 0 Å². The van der Waals surface area contributed by atoms with E-state index >= 15 is 0 Å². The minimum atomic E-state index is -2.50. The first-order chi connectivity index (χ1) is 8.50. The minimum Gasteiger partial charge on any atom is -0.467 e. The van der Waals surface area contributed by atoms with E-state index in [0.717, 1.165) is 0 Å². The van der Waals surface area contributed by atoms with Crippen LogP contribution in [0.25, 0.3) is 0 Å². The number of methoxy groups -OCH3 is 1. The second-order valence-electron chi connectivity index (χ2n) is 5.11. The molecular formula is C12H19F2NO3. The number of alkyl halides is 2. The van der Waals surface area contributed by atoms with Gasteiger partial charge in [-0.05, 0) is 12.3 Å². The summed E-state index contributed by atoms with van der Waals surface area (Å²) in [4.78, 5) is 13.4. The highest BCUT2D eigenvalue weighted by Crippen LogP contribution is 2.39. The lowest BCUT2D eigenvalue weighted by Gasteiger charge is -2.33. The molecule has 0 N–H and O–H groups in total. The van der Waals surface area contributed by atoms with Crippen molar-refractivity contribution in [3.8, 4) is 0 Å². The topological polar surface area (TPSA) is 38.8 Å². The highest BCUT2D eigenvalue weighted by atomic mass is 19.3. The van der Waals surface area contributed by atoms with E-state index in [9.17, 15) is 13.6 Å². The Kier molecular flexibility index (Phi) is 4.17. The lowest BCUT2D eigenvalue weighted by atomic mass is 10.1. The SMILES string of the molecule is COC(=O)C1CN(CC2CCC(F)(F)C2)CCO1. The van der Waals surface area contributed by atoms with Crippen molar-refractivity contribution in [1.29, 1.82) is 0 Å². The van der Waals surface area contributed by atoms with Gasteiger partial charge in [-0.15, -0.1) is 0 Å². The lowest BCUT2D eigenvalue weighted by molar-refractivity contribution is -0.160. The van der Waals surface area contributed by atoms with Gasteiger partial charge in [-0.2, -0.15) is 0 Å². The van der Waals surface area contributed by atoms with Crippen molar-refractivity contribution >= 4 is 5.97 Å². The van der Waals surface area contributed by atoms with Crippen LogP contribution in [0.1, 0.15) is 19.3 Å². The van der Waals surface area contributed by atoms with E-state index in [1.54, 1.807) is 0 Å². The van der Waals surface area contributed by atoms with Gasteiger partial charge < -0.3 is 9.47 Å². The maximum absolute atomic E-state index is 13.1. The molecule has 1 aliphatic heterocycles. The van der Waals surface area contributed by atoms with Gasteiger partial charge in [-0.3, -0.25) is 4.90 Å². The van der Waals surface area contributed by atoms with Crippen LogP contribution < -0.4 is 0 Å². The average Bonchev–Trinajstić information content (AvgIpc) is 2.68. The number of hydrogen-bond acceptors (Lipinski definition) is 4. The van der Waals surface area contributed by atoms with E-state index in [1.165, 1.54) is 7.11 Å². The largest absolute Gasteiger partial charge is 0.467 e. The van der Waals surface area contributed by atoms with Crippen molar-refractivity contribution in [3.05, 3.63) is 0 Å². The number of nitrogens with zero attached hydrogens (tertiary/aromatic N) is 1. The molecule has 0 aromatic rings. The molecule has 6 heteroatoms. The van der Waals surface area contributed by atoms with Crippen LogP contribution in [-0.4, -0.2) is 56.2 Å². The normalized spacial score (nSPS) is 32.4. The van der Waals surface area contributed by atoms with Crippen LogP contribution in [0, 0.1) is 5.92 Å². The van der Waals surface area contributed by atoms with Crippen LogP contribution in [0.5, 0.6) is 0 Å². The molecule has 0 aromatic heterocycles. The molecule has 18 heavy (non-hydrogen) atoms. The van der Waals surface area contributed by atoms with Crippen LogP contribution in [0.3, 0.4) is 0 Å². The molecule has 0 amide bonds. The Morgan fingerprint density at radius 2 is 2.33 bits per heavy atom. The Morgan fingerprint density at radius 3 is 2.94 bits per heavy atom. The minimum absolute atomic E-state index is 0.0115. The zero-order chi connectivity index (χ0) is 13.2. The Labute approximate surface area is 105 Å². The molecule has 0 aromatic carbocycles. The second kappa shape index (κ2) is 5.48. The maximum atomic E-state index is 13.1. The Morgan fingerprint density at radius 1 is 1.56 bits per heavy atom. The number of esters is 1. The first kappa shape index (κ1) is 13.7. The van der Waals surface area contributed by atoms with Gasteiger partial charge in [-0.25, -0.2) is 13.6 Å². The third kappa shape index (κ3) is 3.38. The Bertz CT molecular complexity index is 312. The molecule has 1 saturated heterocycles. The predicted octanol–water partition coefficient (Wildman–Crippen LogP) is 1.30. The van der Waals surface area contributed by atoms with Gasteiger partial charge in [0, 0.05) is 32.5 Å². The first-order valence-corrected chi connectivity index (χ1v) is 6.30. The zero-order valence-corrected chi connectivity index (χ0v) is 10.5. The third-order valence-electron chi connectivity index (χ3n) is 3.64. The van der Waals surface area contributed by atoms with E-state index < -0.39 is 18.0 Å². The summed E-state index contributed by atoms with van der Waals surface area (Å²) in [5.41, 5.74) is 0. The fourth-order valence-corrected chi connectivity index (χ4v) is 2.71. The molecule has 2 aliphatic rings. The van der Waals surface area contributed by atoms with Gasteiger partial charge in [0.15, 0.2) is 6.10 Å². The van der Waals surface area contributed by atoms with Crippen molar-refractivity contribution in [2.24, 2.45) is 5.92 Å². The van der Waals surface area contributed by atoms with Crippen LogP contribution in [0.4, 0.5) is 8.78 Å². The van der Waals surface area contributed by atoms with E-state index in [2.05, 4.69) is 4.74 Å². The predicted molar refractivity (Wildman–Crippen MR) is 60.5 cm³/mol. The van der Waals surface area contributed by atoms with Gasteiger partial charge >= 0.3 is 5.97 Å². The van der Waals surface area contributed by atoms with E-state index in [0.29, 0.717) is 32.7 Å². The van der Waals surface area contributed by atoms with Crippen molar-refractivity contribution in [2.45, 2.75) is 31.3 Å². The zero-order valence-electron chi connectivity index (χ0n) is 10.5. The van der Waals surface area contributed by atoms with Crippen LogP contribution >= 0.6 is 0 Å². The summed E-state index contributed by atoms with van der Waals surface area (Å²) in [5, 5.41) is 0. The van der Waals surface area contributed by atoms with E-state index in [-0.39, 0.29) is 18.8 Å². The van der Waals surface area contributed by atoms with Crippen molar-refractivity contribution in [2.75, 3.05) is 33.4 Å². The number of halogens is 2. The van der Waals surface area contributed by atoms with Crippen molar-refractivity contribution < 1.29 is 23.0 Å². The molecular weight excluding hydrogens is 244 g/mol. The highest BCUT2D eigenvalue weighted by Gasteiger charge is 2.40. The number of carbonyl (C=O) groups excluding carboxylic acids is 1. The van der Waals surface area contributed by atoms with Gasteiger partial charge in [0.05, 0.1) is 13.7 Å². The van der Waals surface area contributed by atoms with Gasteiger partial charge in [0.2, 0.25) is 5.92 Å². The molecule has 0 bridgehead atoms. The Hall–Kier alpha value is -0.750. The highest BCUT2D eigenvalue weighted by molar-refractivity contribution is 5.74. The fourth-order valence-electron chi connectivity index (χ4n) is 2.71. The Balaban J connectivity index is 1.81. The summed E-state index contributed by atoms with van der Waals surface area (Å²) < 4.78 is 36.1. The molecule has 4 nitrogen and oxygen atoms in total. The summed E-state index contributed by atoms with van der Waals surface area (Å²) in [6.07, 6.45) is -0.0613. The third-order valence-corrected chi connectivity index (χ3v) is 3.64. The number of carbonyl (C=O) groups is 1. The smallest absolute Gasteiger partial charge is 0.336 e. The molecule has 1 aliphatic carbocycles. The number of rotatable bonds is 3. The molecule has 2 rings (SSSR count). The molecule has 2 fully saturated rings. The molecule has 1 saturated carbocycles. The standard InChI is InChI=1S/C12H19F2NO3/c1-17-11(16)10-8-15(4-5-18-10)7-9-2-3-12(13,14)6-9/h9-10H,2-8H2,1H3. The van der Waals surface area contributed by atoms with Crippen LogP contribution in [0.2, 0.25) is 0 Å². The fraction of sp³-hybridized carbons (Fsp3) is 0.917. The number of hydrogen-bond donors (Lipinski definition) is 0. The monoisotopic (exact) mass is 263 g/mol. The molecule has 2 atom stereocenters. The maximum Gasteiger partial charge on any atom is 0.336 e. The molecule has 2 unspecified atom stereocenters. The first-order valence-electron chi connectivity index (χ1n) is 6.30. The lowest BCUT2D eigenvalue weighted by Crippen LogP contribution is -2.47. The van der Waals surface area contributed by atoms with Crippen molar-refractivity contribution in [1.82, 2.24) is 4.90 Å². The summed E-state index contributed by atoms with van der Waals surface area (Å²) in [5.74, 6) is -2.87. The molecule has 0 spiro atoms. The quantitative estimate of drug-likeness (QED) is 0.719. The summed E-state index contributed by atoms with van der Waals surface area (Å²) in [6.45, 7) is 2.19. The molecule has 104 valence electrons. The van der Waals surface area contributed by atoms with Gasteiger partial charge in [-0.1, -0.05) is 0 Å². The molecule has 0 radical (unpaired) electrons. The number of morpholine rings is 1. The average molecular weight is 263 g/mol. The second-order valence-corrected chi connectivity index (χ2v) is 5.11. The van der Waals surface area contributed by atoms with E-state index in [1.807, 2.05) is 4.90 Å².